The molecule has 1 fully saturated rings. The van der Waals surface area contributed by atoms with Crippen LogP contribution in [0.1, 0.15) is 17.0 Å². The van der Waals surface area contributed by atoms with Crippen LogP contribution in [-0.2, 0) is 6.54 Å². The number of benzene rings is 2. The molecule has 0 saturated carbocycles. The van der Waals surface area contributed by atoms with E-state index in [1.165, 1.54) is 5.56 Å². The molecule has 0 spiro atoms. The van der Waals surface area contributed by atoms with Crippen LogP contribution in [0.3, 0.4) is 0 Å². The van der Waals surface area contributed by atoms with Crippen molar-refractivity contribution >= 4 is 11.7 Å². The minimum Gasteiger partial charge on any atom is -0.494 e. The lowest BCUT2D eigenvalue weighted by Crippen LogP contribution is -2.51. The van der Waals surface area contributed by atoms with Gasteiger partial charge in [0.15, 0.2) is 0 Å². The van der Waals surface area contributed by atoms with Crippen molar-refractivity contribution in [2.45, 2.75) is 20.4 Å². The number of hydrogen-bond acceptors (Lipinski definition) is 5. The van der Waals surface area contributed by atoms with Gasteiger partial charge in [-0.1, -0.05) is 29.8 Å². The van der Waals surface area contributed by atoms with E-state index in [-0.39, 0.29) is 6.03 Å². The van der Waals surface area contributed by atoms with Crippen LogP contribution >= 0.6 is 0 Å². The van der Waals surface area contributed by atoms with Gasteiger partial charge in [-0.2, -0.15) is 5.10 Å². The van der Waals surface area contributed by atoms with Gasteiger partial charge in [0.2, 0.25) is 0 Å². The number of aryl methyl sites for hydroxylation is 2. The third-order valence-electron chi connectivity index (χ3n) is 5.47. The van der Waals surface area contributed by atoms with E-state index in [0.29, 0.717) is 25.5 Å². The molecule has 4 rings (SSSR count). The summed E-state index contributed by atoms with van der Waals surface area (Å²) >= 11 is 0. The van der Waals surface area contributed by atoms with E-state index in [9.17, 15) is 4.79 Å². The Kier molecular flexibility index (Phi) is 6.06. The molecule has 162 valence electrons. The van der Waals surface area contributed by atoms with Crippen molar-refractivity contribution in [3.05, 3.63) is 65.7 Å². The molecule has 2 aromatic carbocycles. The number of aromatic nitrogens is 3. The Morgan fingerprint density at radius 1 is 1.10 bits per heavy atom. The summed E-state index contributed by atoms with van der Waals surface area (Å²) in [5, 5.41) is 7.40. The number of rotatable bonds is 5. The molecule has 0 atom stereocenters. The first-order valence-electron chi connectivity index (χ1n) is 10.4. The van der Waals surface area contributed by atoms with Gasteiger partial charge in [-0.05, 0) is 31.5 Å². The molecule has 8 heteroatoms. The van der Waals surface area contributed by atoms with E-state index in [0.717, 1.165) is 35.8 Å². The van der Waals surface area contributed by atoms with Crippen LogP contribution in [0.2, 0.25) is 0 Å². The molecule has 0 unspecified atom stereocenters. The molecular formula is C23H28N6O2. The largest absolute Gasteiger partial charge is 0.494 e. The zero-order valence-corrected chi connectivity index (χ0v) is 18.2. The first kappa shape index (κ1) is 20.7. The molecule has 1 N–H and O–H groups in total. The maximum absolute atomic E-state index is 12.6. The Balaban J connectivity index is 1.35. The van der Waals surface area contributed by atoms with Crippen LogP contribution in [0.5, 0.6) is 5.75 Å². The highest BCUT2D eigenvalue weighted by Crippen LogP contribution is 2.28. The molecule has 2 heterocycles. The van der Waals surface area contributed by atoms with E-state index in [1.807, 2.05) is 36.1 Å². The van der Waals surface area contributed by atoms with Gasteiger partial charge in [0.05, 0.1) is 7.11 Å². The molecule has 1 aromatic heterocycles. The number of hydrogen-bond donors (Lipinski definition) is 1. The van der Waals surface area contributed by atoms with Gasteiger partial charge in [-0.25, -0.2) is 14.5 Å². The number of anilines is 1. The van der Waals surface area contributed by atoms with E-state index in [1.54, 1.807) is 18.1 Å². The average Bonchev–Trinajstić information content (AvgIpc) is 3.23. The number of urea groups is 1. The number of piperazine rings is 1. The Hall–Kier alpha value is -3.55. The maximum Gasteiger partial charge on any atom is 0.317 e. The van der Waals surface area contributed by atoms with Gasteiger partial charge < -0.3 is 19.9 Å². The molecule has 1 saturated heterocycles. The topological polar surface area (TPSA) is 75.5 Å². The van der Waals surface area contributed by atoms with Gasteiger partial charge in [0.25, 0.3) is 0 Å². The number of methoxy groups -OCH3 is 1. The highest BCUT2D eigenvalue weighted by atomic mass is 16.5. The van der Waals surface area contributed by atoms with E-state index < -0.39 is 0 Å². The van der Waals surface area contributed by atoms with Crippen molar-refractivity contribution < 1.29 is 9.53 Å². The highest BCUT2D eigenvalue weighted by molar-refractivity contribution is 5.74. The Labute approximate surface area is 182 Å². The van der Waals surface area contributed by atoms with Crippen molar-refractivity contribution in [1.82, 2.24) is 25.0 Å². The Morgan fingerprint density at radius 2 is 1.90 bits per heavy atom. The first-order chi connectivity index (χ1) is 15.0. The average molecular weight is 421 g/mol. The normalized spacial score (nSPS) is 13.9. The predicted molar refractivity (Wildman–Crippen MR) is 120 cm³/mol. The van der Waals surface area contributed by atoms with Gasteiger partial charge in [0.1, 0.15) is 23.6 Å². The molecule has 0 aliphatic carbocycles. The lowest BCUT2D eigenvalue weighted by molar-refractivity contribution is 0.194. The summed E-state index contributed by atoms with van der Waals surface area (Å²) in [5.74, 6) is 1.45. The van der Waals surface area contributed by atoms with Gasteiger partial charge >= 0.3 is 6.03 Å². The smallest absolute Gasteiger partial charge is 0.317 e. The molecular weight excluding hydrogens is 392 g/mol. The van der Waals surface area contributed by atoms with Crippen LogP contribution < -0.4 is 15.0 Å². The molecule has 0 bridgehead atoms. The monoisotopic (exact) mass is 420 g/mol. The second-order valence-electron chi connectivity index (χ2n) is 7.71. The van der Waals surface area contributed by atoms with Gasteiger partial charge in [-0.15, -0.1) is 0 Å². The van der Waals surface area contributed by atoms with E-state index in [2.05, 4.69) is 45.4 Å². The number of nitrogens with one attached hydrogen (secondary N) is 1. The fraction of sp³-hybridized carbons (Fsp3) is 0.348. The molecule has 31 heavy (non-hydrogen) atoms. The quantitative estimate of drug-likeness (QED) is 0.687. The Bertz CT molecular complexity index is 1060. The zero-order valence-electron chi connectivity index (χ0n) is 18.2. The lowest BCUT2D eigenvalue weighted by atomic mass is 10.1. The summed E-state index contributed by atoms with van der Waals surface area (Å²) in [6.45, 7) is 7.33. The molecule has 0 radical (unpaired) electrons. The van der Waals surface area contributed by atoms with Gasteiger partial charge in [-0.3, -0.25) is 0 Å². The highest BCUT2D eigenvalue weighted by Gasteiger charge is 2.22. The Morgan fingerprint density at radius 3 is 2.58 bits per heavy atom. The fourth-order valence-corrected chi connectivity index (χ4v) is 3.79. The summed E-state index contributed by atoms with van der Waals surface area (Å²) in [6.07, 6.45) is 1.68. The van der Waals surface area contributed by atoms with Crippen LogP contribution in [0.15, 0.2) is 48.8 Å². The molecule has 1 aliphatic heterocycles. The van der Waals surface area contributed by atoms with Crippen molar-refractivity contribution in [1.29, 1.82) is 0 Å². The fourth-order valence-electron chi connectivity index (χ4n) is 3.79. The second kappa shape index (κ2) is 9.07. The summed E-state index contributed by atoms with van der Waals surface area (Å²) in [5.41, 5.74) is 4.22. The third-order valence-corrected chi connectivity index (χ3v) is 5.47. The van der Waals surface area contributed by atoms with Crippen molar-refractivity contribution in [2.75, 3.05) is 38.2 Å². The number of carbonyl (C=O) groups is 1. The van der Waals surface area contributed by atoms with Crippen LogP contribution in [0, 0.1) is 13.8 Å². The standard InChI is InChI=1S/C23H28N6O2/c1-17-5-4-6-19(13-17)15-24-23(30)28-11-9-27(10-12-28)20-7-8-21(22(14-20)31-3)29-16-25-18(2)26-29/h4-8,13-14,16H,9-12,15H2,1-3H3,(H,24,30). The predicted octanol–water partition coefficient (Wildman–Crippen LogP) is 2.92. The zero-order chi connectivity index (χ0) is 21.8. The minimum absolute atomic E-state index is 0.0179. The minimum atomic E-state index is -0.0179. The van der Waals surface area contributed by atoms with Crippen molar-refractivity contribution in [3.63, 3.8) is 0 Å². The molecule has 2 amide bonds. The summed E-state index contributed by atoms with van der Waals surface area (Å²) in [4.78, 5) is 20.9. The van der Waals surface area contributed by atoms with E-state index >= 15 is 0 Å². The summed E-state index contributed by atoms with van der Waals surface area (Å²) < 4.78 is 7.31. The first-order valence-corrected chi connectivity index (χ1v) is 10.4. The molecule has 8 nitrogen and oxygen atoms in total. The van der Waals surface area contributed by atoms with Crippen LogP contribution in [0.25, 0.3) is 5.69 Å². The lowest BCUT2D eigenvalue weighted by Gasteiger charge is -2.36. The SMILES string of the molecule is COc1cc(N2CCN(C(=O)NCc3cccc(C)c3)CC2)ccc1-n1cnc(C)n1. The van der Waals surface area contributed by atoms with Gasteiger partial charge in [0, 0.05) is 44.5 Å². The number of ether oxygens (including phenoxy) is 1. The summed E-state index contributed by atoms with van der Waals surface area (Å²) in [6, 6.07) is 14.2. The van der Waals surface area contributed by atoms with Crippen molar-refractivity contribution in [2.24, 2.45) is 0 Å². The van der Waals surface area contributed by atoms with E-state index in [4.69, 9.17) is 4.74 Å². The number of carbonyl (C=O) groups excluding carboxylic acids is 1. The van der Waals surface area contributed by atoms with Crippen molar-refractivity contribution in [3.8, 4) is 11.4 Å². The van der Waals surface area contributed by atoms with Crippen LogP contribution in [0.4, 0.5) is 10.5 Å². The number of amides is 2. The number of nitrogens with zero attached hydrogens (tertiary/aromatic N) is 5. The maximum atomic E-state index is 12.6. The van der Waals surface area contributed by atoms with Crippen LogP contribution in [-0.4, -0.2) is 59.0 Å². The summed E-state index contributed by atoms with van der Waals surface area (Å²) in [7, 11) is 1.66. The molecule has 3 aromatic rings. The molecule has 1 aliphatic rings. The second-order valence-corrected chi connectivity index (χ2v) is 7.71. The third kappa shape index (κ3) is 4.79.